The molecule has 3 aromatic carbocycles. The zero-order valence-electron chi connectivity index (χ0n) is 20.7. The van der Waals surface area contributed by atoms with Crippen LogP contribution in [0.4, 0.5) is 5.69 Å². The van der Waals surface area contributed by atoms with Crippen molar-refractivity contribution in [3.63, 3.8) is 0 Å². The average molecular weight is 501 g/mol. The number of hydrogen-bond donors (Lipinski definition) is 1. The van der Waals surface area contributed by atoms with Gasteiger partial charge in [0.25, 0.3) is 17.7 Å². The molecule has 1 N–H and O–H groups in total. The van der Waals surface area contributed by atoms with E-state index in [-0.39, 0.29) is 30.4 Å². The molecule has 0 spiro atoms. The quantitative estimate of drug-likeness (QED) is 0.439. The number of fused-ring (bicyclic) bond motifs is 1. The normalized spacial score (nSPS) is 17.5. The Hall–Kier alpha value is -4.17. The van der Waals surface area contributed by atoms with Crippen molar-refractivity contribution in [3.05, 3.63) is 83.4 Å². The van der Waals surface area contributed by atoms with E-state index in [2.05, 4.69) is 5.32 Å². The van der Waals surface area contributed by atoms with Crippen molar-refractivity contribution in [2.45, 2.75) is 38.9 Å². The number of carbonyl (C=O) groups excluding carboxylic acids is 3. The van der Waals surface area contributed by atoms with Crippen molar-refractivity contribution in [2.24, 2.45) is 0 Å². The predicted molar refractivity (Wildman–Crippen MR) is 137 cm³/mol. The van der Waals surface area contributed by atoms with Gasteiger partial charge in [-0.05, 0) is 74.7 Å². The van der Waals surface area contributed by atoms with Gasteiger partial charge in [0.2, 0.25) is 0 Å². The molecule has 2 unspecified atom stereocenters. The number of nitrogens with one attached hydrogen (secondary N) is 1. The Labute approximate surface area is 215 Å². The van der Waals surface area contributed by atoms with Gasteiger partial charge in [0.1, 0.15) is 17.2 Å². The van der Waals surface area contributed by atoms with E-state index in [1.807, 2.05) is 31.2 Å². The van der Waals surface area contributed by atoms with Gasteiger partial charge in [-0.25, -0.2) is 0 Å². The largest absolute Gasteiger partial charge is 0.481 e. The summed E-state index contributed by atoms with van der Waals surface area (Å²) in [6.07, 6.45) is 0.958. The molecule has 2 aliphatic rings. The Kier molecular flexibility index (Phi) is 6.92. The minimum Gasteiger partial charge on any atom is -0.481 e. The molecule has 0 aliphatic carbocycles. The monoisotopic (exact) mass is 500 g/mol. The van der Waals surface area contributed by atoms with E-state index in [1.54, 1.807) is 49.4 Å². The summed E-state index contributed by atoms with van der Waals surface area (Å²) in [4.78, 5) is 39.6. The van der Waals surface area contributed by atoms with Crippen LogP contribution in [0, 0.1) is 6.92 Å². The van der Waals surface area contributed by atoms with Gasteiger partial charge in [-0.1, -0.05) is 18.2 Å². The second kappa shape index (κ2) is 10.4. The summed E-state index contributed by atoms with van der Waals surface area (Å²) < 4.78 is 17.3. The van der Waals surface area contributed by atoms with Crippen LogP contribution in [0.5, 0.6) is 17.2 Å². The first-order valence-corrected chi connectivity index (χ1v) is 12.3. The molecule has 5 rings (SSSR count). The first-order valence-electron chi connectivity index (χ1n) is 12.3. The maximum Gasteiger partial charge on any atom is 0.265 e. The van der Waals surface area contributed by atoms with Gasteiger partial charge in [-0.15, -0.1) is 0 Å². The Bertz CT molecular complexity index is 1350. The molecule has 3 amide bonds. The average Bonchev–Trinajstić information content (AvgIpc) is 3.47. The topological polar surface area (TPSA) is 94.2 Å². The van der Waals surface area contributed by atoms with Gasteiger partial charge < -0.3 is 19.5 Å². The van der Waals surface area contributed by atoms with E-state index < -0.39 is 6.10 Å². The minimum absolute atomic E-state index is 0.110. The molecule has 2 aliphatic heterocycles. The summed E-state index contributed by atoms with van der Waals surface area (Å²) in [6.45, 7) is 4.56. The van der Waals surface area contributed by atoms with Crippen molar-refractivity contribution in [1.82, 2.24) is 4.90 Å². The van der Waals surface area contributed by atoms with Crippen molar-refractivity contribution >= 4 is 23.4 Å². The lowest BCUT2D eigenvalue weighted by Crippen LogP contribution is -2.36. The van der Waals surface area contributed by atoms with Gasteiger partial charge in [-0.2, -0.15) is 0 Å². The Morgan fingerprint density at radius 3 is 2.54 bits per heavy atom. The van der Waals surface area contributed by atoms with Gasteiger partial charge in [0.15, 0.2) is 6.10 Å². The van der Waals surface area contributed by atoms with Crippen LogP contribution in [0.1, 0.15) is 46.0 Å². The molecule has 8 heteroatoms. The summed E-state index contributed by atoms with van der Waals surface area (Å²) in [6, 6.07) is 19.3. The maximum absolute atomic E-state index is 12.9. The van der Waals surface area contributed by atoms with Crippen LogP contribution in [0.3, 0.4) is 0 Å². The SMILES string of the molecule is Cc1cccc(OC(C)C(=O)Nc2cccc(Oc3ccc4c(c3)C(=O)N(CC3CCCO3)C4=O)c2)c1. The highest BCUT2D eigenvalue weighted by molar-refractivity contribution is 6.21. The molecule has 3 aromatic rings. The van der Waals surface area contributed by atoms with Crippen LogP contribution in [0.15, 0.2) is 66.7 Å². The molecule has 0 bridgehead atoms. The fourth-order valence-electron chi connectivity index (χ4n) is 4.45. The smallest absolute Gasteiger partial charge is 0.265 e. The number of imide groups is 1. The van der Waals surface area contributed by atoms with Crippen LogP contribution in [-0.2, 0) is 9.53 Å². The minimum atomic E-state index is -0.704. The summed E-state index contributed by atoms with van der Waals surface area (Å²) in [7, 11) is 0. The van der Waals surface area contributed by atoms with Crippen molar-refractivity contribution in [2.75, 3.05) is 18.5 Å². The zero-order valence-corrected chi connectivity index (χ0v) is 20.7. The summed E-state index contributed by atoms with van der Waals surface area (Å²) in [5, 5.41) is 2.84. The van der Waals surface area contributed by atoms with E-state index in [4.69, 9.17) is 14.2 Å². The number of nitrogens with zero attached hydrogens (tertiary/aromatic N) is 1. The molecule has 8 nitrogen and oxygen atoms in total. The molecule has 1 fully saturated rings. The highest BCUT2D eigenvalue weighted by Gasteiger charge is 2.37. The van der Waals surface area contributed by atoms with Crippen LogP contribution >= 0.6 is 0 Å². The van der Waals surface area contributed by atoms with E-state index in [0.717, 1.165) is 18.4 Å². The fraction of sp³-hybridized carbons (Fsp3) is 0.276. The number of rotatable bonds is 8. The fourth-order valence-corrected chi connectivity index (χ4v) is 4.45. The third kappa shape index (κ3) is 5.49. The number of hydrogen-bond acceptors (Lipinski definition) is 6. The highest BCUT2D eigenvalue weighted by atomic mass is 16.5. The van der Waals surface area contributed by atoms with Crippen molar-refractivity contribution in [3.8, 4) is 17.2 Å². The summed E-state index contributed by atoms with van der Waals surface area (Å²) >= 11 is 0. The van der Waals surface area contributed by atoms with Crippen LogP contribution in [0.25, 0.3) is 0 Å². The van der Waals surface area contributed by atoms with E-state index in [1.165, 1.54) is 4.90 Å². The molecule has 2 heterocycles. The van der Waals surface area contributed by atoms with Crippen molar-refractivity contribution < 1.29 is 28.6 Å². The van der Waals surface area contributed by atoms with Crippen LogP contribution in [0.2, 0.25) is 0 Å². The lowest BCUT2D eigenvalue weighted by Gasteiger charge is -2.17. The molecule has 1 saturated heterocycles. The molecular formula is C29H28N2O6. The van der Waals surface area contributed by atoms with Crippen LogP contribution in [-0.4, -0.2) is 48.0 Å². The third-order valence-corrected chi connectivity index (χ3v) is 6.36. The molecule has 2 atom stereocenters. The number of ether oxygens (including phenoxy) is 3. The molecule has 0 aromatic heterocycles. The van der Waals surface area contributed by atoms with E-state index in [0.29, 0.717) is 40.7 Å². The Morgan fingerprint density at radius 2 is 1.76 bits per heavy atom. The van der Waals surface area contributed by atoms with E-state index >= 15 is 0 Å². The molecule has 0 radical (unpaired) electrons. The van der Waals surface area contributed by atoms with Crippen molar-refractivity contribution in [1.29, 1.82) is 0 Å². The number of aryl methyl sites for hydroxylation is 1. The number of benzene rings is 3. The maximum atomic E-state index is 12.9. The zero-order chi connectivity index (χ0) is 25.9. The number of anilines is 1. The lowest BCUT2D eigenvalue weighted by molar-refractivity contribution is -0.122. The Morgan fingerprint density at radius 1 is 1.00 bits per heavy atom. The lowest BCUT2D eigenvalue weighted by atomic mass is 10.1. The molecule has 0 saturated carbocycles. The number of carbonyl (C=O) groups is 3. The first-order chi connectivity index (χ1) is 17.9. The summed E-state index contributed by atoms with van der Waals surface area (Å²) in [5.41, 5.74) is 2.26. The second-order valence-corrected chi connectivity index (χ2v) is 9.26. The van der Waals surface area contributed by atoms with Gasteiger partial charge in [0.05, 0.1) is 23.8 Å². The highest BCUT2D eigenvalue weighted by Crippen LogP contribution is 2.31. The first kappa shape index (κ1) is 24.5. The molecular weight excluding hydrogens is 472 g/mol. The second-order valence-electron chi connectivity index (χ2n) is 9.26. The Balaban J connectivity index is 1.24. The van der Waals surface area contributed by atoms with Gasteiger partial charge in [-0.3, -0.25) is 19.3 Å². The standard InChI is InChI=1S/C29H28N2O6/c1-18-6-3-8-21(14-18)36-19(2)27(32)30-20-7-4-9-22(15-20)37-23-11-12-25-26(16-23)29(34)31(28(25)33)17-24-10-5-13-35-24/h3-4,6-9,11-12,14-16,19,24H,5,10,13,17H2,1-2H3,(H,30,32). The number of amides is 3. The van der Waals surface area contributed by atoms with E-state index in [9.17, 15) is 14.4 Å². The molecule has 37 heavy (non-hydrogen) atoms. The van der Waals surface area contributed by atoms with Gasteiger partial charge in [0, 0.05) is 18.4 Å². The molecule has 190 valence electrons. The van der Waals surface area contributed by atoms with Gasteiger partial charge >= 0.3 is 0 Å². The predicted octanol–water partition coefficient (Wildman–Crippen LogP) is 4.97. The van der Waals surface area contributed by atoms with Crippen LogP contribution < -0.4 is 14.8 Å². The third-order valence-electron chi connectivity index (χ3n) is 6.36. The summed E-state index contributed by atoms with van der Waals surface area (Å²) in [5.74, 6) is 0.556.